The zero-order valence-electron chi connectivity index (χ0n) is 20.2. The highest BCUT2D eigenvalue weighted by Crippen LogP contribution is 2.36. The topological polar surface area (TPSA) is 125 Å². The number of hydrogen-bond donors (Lipinski definition) is 3. The lowest BCUT2D eigenvalue weighted by molar-refractivity contribution is 0.0702. The summed E-state index contributed by atoms with van der Waals surface area (Å²) in [4.78, 5) is 17.0. The van der Waals surface area contributed by atoms with Crippen LogP contribution in [0.4, 0.5) is 5.69 Å². The lowest BCUT2D eigenvalue weighted by Gasteiger charge is -2.33. The second-order valence-corrected chi connectivity index (χ2v) is 11.5. The van der Waals surface area contributed by atoms with Crippen LogP contribution in [0.5, 0.6) is 5.75 Å². The van der Waals surface area contributed by atoms with Crippen LogP contribution in [0.1, 0.15) is 27.0 Å². The van der Waals surface area contributed by atoms with Crippen molar-refractivity contribution in [1.29, 1.82) is 0 Å². The van der Waals surface area contributed by atoms with E-state index in [-0.39, 0.29) is 21.9 Å². The molecule has 9 nitrogen and oxygen atoms in total. The van der Waals surface area contributed by atoms with Crippen molar-refractivity contribution in [2.24, 2.45) is 0 Å². The Hall–Kier alpha value is -2.96. The molecule has 0 aliphatic carbocycles. The number of hydroxylamine groups is 1. The maximum atomic E-state index is 14.0. The first-order valence-electron chi connectivity index (χ1n) is 11.4. The number of piperazine rings is 1. The third-order valence-electron chi connectivity index (χ3n) is 6.45. The first kappa shape index (κ1) is 26.1. The van der Waals surface area contributed by atoms with E-state index in [0.717, 1.165) is 31.7 Å². The molecule has 36 heavy (non-hydrogen) atoms. The molecular formula is C25H30N4O5S2. The number of nitrogen functional groups attached to an aromatic ring is 1. The quantitative estimate of drug-likeness (QED) is 0.231. The fourth-order valence-electron chi connectivity index (χ4n) is 4.35. The normalized spacial score (nSPS) is 15.1. The zero-order valence-corrected chi connectivity index (χ0v) is 21.9. The first-order valence-corrected chi connectivity index (χ1v) is 13.9. The second-order valence-electron chi connectivity index (χ2n) is 8.81. The minimum Gasteiger partial charge on any atom is -0.497 e. The molecule has 0 radical (unpaired) electrons. The number of anilines is 1. The van der Waals surface area contributed by atoms with Gasteiger partial charge in [0.25, 0.3) is 5.91 Å². The van der Waals surface area contributed by atoms with Crippen molar-refractivity contribution in [1.82, 2.24) is 15.3 Å². The van der Waals surface area contributed by atoms with E-state index in [1.54, 1.807) is 28.9 Å². The predicted octanol–water partition coefficient (Wildman–Crippen LogP) is 2.63. The molecule has 3 aromatic rings. The van der Waals surface area contributed by atoms with Crippen LogP contribution in [0.3, 0.4) is 0 Å². The number of ether oxygens (including phenoxy) is 1. The number of thiophene rings is 1. The van der Waals surface area contributed by atoms with Gasteiger partial charge in [0.1, 0.15) is 5.75 Å². The van der Waals surface area contributed by atoms with Gasteiger partial charge in [-0.25, -0.2) is 13.9 Å². The first-order chi connectivity index (χ1) is 17.2. The molecule has 1 aliphatic rings. The number of nitrogens with one attached hydrogen (secondary N) is 1. The van der Waals surface area contributed by atoms with Gasteiger partial charge in [0.15, 0.2) is 0 Å². The highest BCUT2D eigenvalue weighted by molar-refractivity contribution is 7.91. The number of methoxy groups -OCH3 is 1. The van der Waals surface area contributed by atoms with Crippen molar-refractivity contribution in [2.45, 2.75) is 22.8 Å². The molecule has 1 saturated heterocycles. The Morgan fingerprint density at radius 1 is 1.17 bits per heavy atom. The van der Waals surface area contributed by atoms with Crippen LogP contribution < -0.4 is 16.0 Å². The summed E-state index contributed by atoms with van der Waals surface area (Å²) < 4.78 is 33.1. The van der Waals surface area contributed by atoms with E-state index in [2.05, 4.69) is 9.80 Å². The average Bonchev–Trinajstić information content (AvgIpc) is 3.40. The molecule has 1 amide bonds. The summed E-state index contributed by atoms with van der Waals surface area (Å²) in [7, 11) is -0.653. The van der Waals surface area contributed by atoms with E-state index in [0.29, 0.717) is 29.0 Å². The second kappa shape index (κ2) is 11.0. The maximum Gasteiger partial charge on any atom is 0.275 e. The summed E-state index contributed by atoms with van der Waals surface area (Å²) in [6, 6.07) is 9.40. The number of carbonyl (C=O) groups excluding carboxylic acids is 1. The van der Waals surface area contributed by atoms with Crippen molar-refractivity contribution >= 4 is 32.8 Å². The lowest BCUT2D eigenvalue weighted by atomic mass is 9.97. The zero-order chi connectivity index (χ0) is 25.9. The van der Waals surface area contributed by atoms with Crippen LogP contribution in [0, 0.1) is 0 Å². The summed E-state index contributed by atoms with van der Waals surface area (Å²) >= 11 is 1.54. The molecule has 0 atom stereocenters. The number of hydrogen-bond acceptors (Lipinski definition) is 9. The van der Waals surface area contributed by atoms with Crippen molar-refractivity contribution < 1.29 is 23.2 Å². The molecule has 1 aliphatic heterocycles. The van der Waals surface area contributed by atoms with Gasteiger partial charge >= 0.3 is 0 Å². The van der Waals surface area contributed by atoms with Gasteiger partial charge < -0.3 is 15.4 Å². The largest absolute Gasteiger partial charge is 0.497 e. The van der Waals surface area contributed by atoms with Crippen molar-refractivity contribution in [3.63, 3.8) is 0 Å². The molecule has 4 rings (SSSR count). The summed E-state index contributed by atoms with van der Waals surface area (Å²) in [6.45, 7) is 3.38. The molecule has 1 aromatic heterocycles. The Kier molecular flexibility index (Phi) is 7.96. The molecule has 2 heterocycles. The van der Waals surface area contributed by atoms with Crippen molar-refractivity contribution in [2.75, 3.05) is 46.1 Å². The van der Waals surface area contributed by atoms with E-state index in [1.807, 2.05) is 23.9 Å². The van der Waals surface area contributed by atoms with Crippen molar-refractivity contribution in [3.8, 4) is 5.75 Å². The number of amides is 1. The SMILES string of the molecule is COc1ccc(S(=O)(=O)c2c(C(=O)NO)cc(Cc3ccsc3)c(N)c2CN2CCN(C)CC2)cc1. The van der Waals surface area contributed by atoms with Gasteiger partial charge in [0.2, 0.25) is 9.84 Å². The predicted molar refractivity (Wildman–Crippen MR) is 138 cm³/mol. The fraction of sp³-hybridized carbons (Fsp3) is 0.320. The van der Waals surface area contributed by atoms with E-state index < -0.39 is 15.7 Å². The van der Waals surface area contributed by atoms with Crippen LogP contribution in [-0.4, -0.2) is 69.7 Å². The van der Waals surface area contributed by atoms with E-state index >= 15 is 0 Å². The third kappa shape index (κ3) is 5.40. The maximum absolute atomic E-state index is 14.0. The summed E-state index contributed by atoms with van der Waals surface area (Å²) in [6.07, 6.45) is 0.430. The number of likely N-dealkylation sites (N-methyl/N-ethyl adjacent to an activating group) is 1. The van der Waals surface area contributed by atoms with Gasteiger partial charge in [0, 0.05) is 50.4 Å². The number of benzene rings is 2. The third-order valence-corrected chi connectivity index (χ3v) is 9.07. The molecule has 0 saturated carbocycles. The number of sulfone groups is 1. The monoisotopic (exact) mass is 530 g/mol. The molecule has 0 bridgehead atoms. The summed E-state index contributed by atoms with van der Waals surface area (Å²) in [5, 5.41) is 13.4. The molecular weight excluding hydrogens is 500 g/mol. The summed E-state index contributed by atoms with van der Waals surface area (Å²) in [5.74, 6) is -0.404. The van der Waals surface area contributed by atoms with Crippen molar-refractivity contribution in [3.05, 3.63) is 69.4 Å². The van der Waals surface area contributed by atoms with Crippen LogP contribution in [-0.2, 0) is 22.8 Å². The van der Waals surface area contributed by atoms with E-state index in [9.17, 15) is 18.4 Å². The van der Waals surface area contributed by atoms with Crippen LogP contribution >= 0.6 is 11.3 Å². The van der Waals surface area contributed by atoms with Gasteiger partial charge in [0.05, 0.1) is 22.5 Å². The molecule has 0 unspecified atom stereocenters. The van der Waals surface area contributed by atoms with Crippen LogP contribution in [0.2, 0.25) is 0 Å². The minimum atomic E-state index is -4.19. The minimum absolute atomic E-state index is 0.0000909. The van der Waals surface area contributed by atoms with Gasteiger partial charge in [-0.15, -0.1) is 0 Å². The number of rotatable bonds is 8. The highest BCUT2D eigenvalue weighted by Gasteiger charge is 2.32. The van der Waals surface area contributed by atoms with Crippen LogP contribution in [0.15, 0.2) is 56.9 Å². The number of nitrogens with zero attached hydrogens (tertiary/aromatic N) is 2. The van der Waals surface area contributed by atoms with Gasteiger partial charge in [-0.3, -0.25) is 14.9 Å². The van der Waals surface area contributed by atoms with Gasteiger partial charge in [-0.1, -0.05) is 0 Å². The fourth-order valence-corrected chi connectivity index (χ4v) is 6.69. The molecule has 0 spiro atoms. The Morgan fingerprint density at radius 3 is 2.44 bits per heavy atom. The average molecular weight is 531 g/mol. The standard InChI is InChI=1S/C25H30N4O5S2/c1-28-8-10-29(11-9-28)15-22-23(26)18(13-17-7-12-35-16-17)14-21(25(30)27-31)24(22)36(32,33)20-5-3-19(34-2)4-6-20/h3-7,12,14,16,31H,8-11,13,15,26H2,1-2H3,(H,27,30). The lowest BCUT2D eigenvalue weighted by Crippen LogP contribution is -2.44. The van der Waals surface area contributed by atoms with E-state index in [4.69, 9.17) is 10.5 Å². The Balaban J connectivity index is 1.91. The van der Waals surface area contributed by atoms with E-state index in [1.165, 1.54) is 25.3 Å². The van der Waals surface area contributed by atoms with Crippen LogP contribution in [0.25, 0.3) is 0 Å². The smallest absolute Gasteiger partial charge is 0.275 e. The Labute approximate surface area is 215 Å². The number of carbonyl (C=O) groups is 1. The Morgan fingerprint density at radius 2 is 1.86 bits per heavy atom. The molecule has 11 heteroatoms. The highest BCUT2D eigenvalue weighted by atomic mass is 32.2. The van der Waals surface area contributed by atoms with Gasteiger partial charge in [-0.2, -0.15) is 11.3 Å². The molecule has 2 aromatic carbocycles. The Bertz CT molecular complexity index is 1320. The molecule has 4 N–H and O–H groups in total. The summed E-state index contributed by atoms with van der Waals surface area (Å²) in [5.41, 5.74) is 10.5. The molecule has 192 valence electrons. The van der Waals surface area contributed by atoms with Gasteiger partial charge in [-0.05, 0) is 65.3 Å². The number of nitrogens with two attached hydrogens (primary N) is 1. The molecule has 1 fully saturated rings.